The van der Waals surface area contributed by atoms with Crippen LogP contribution in [0, 0.1) is 5.82 Å². The number of benzene rings is 3. The van der Waals surface area contributed by atoms with Gasteiger partial charge in [-0.3, -0.25) is 4.79 Å². The molecule has 0 aliphatic carbocycles. The van der Waals surface area contributed by atoms with Crippen LogP contribution >= 0.6 is 22.6 Å². The van der Waals surface area contributed by atoms with Gasteiger partial charge in [0.2, 0.25) is 0 Å². The lowest BCUT2D eigenvalue weighted by atomic mass is 10.3. The van der Waals surface area contributed by atoms with Crippen LogP contribution in [-0.4, -0.2) is 9.89 Å². The summed E-state index contributed by atoms with van der Waals surface area (Å²) in [5.74, 6) is -0.0128. The van der Waals surface area contributed by atoms with E-state index >= 15 is 0 Å². The van der Waals surface area contributed by atoms with Crippen LogP contribution in [-0.2, 0) is 15.7 Å². The molecule has 0 spiro atoms. The molecule has 0 N–H and O–H groups in total. The van der Waals surface area contributed by atoms with Gasteiger partial charge >= 0.3 is 5.97 Å². The van der Waals surface area contributed by atoms with Gasteiger partial charge < -0.3 is 4.74 Å². The zero-order valence-electron chi connectivity index (χ0n) is 14.1. The summed E-state index contributed by atoms with van der Waals surface area (Å²) in [6.45, 7) is 1.79. The Morgan fingerprint density at radius 3 is 2.15 bits per heavy atom. The molecule has 2 atom stereocenters. The number of hydrogen-bond acceptors (Lipinski definition) is 2. The van der Waals surface area contributed by atoms with Gasteiger partial charge in [0.25, 0.3) is 0 Å². The molecule has 3 rings (SSSR count). The minimum absolute atomic E-state index is 0.210. The predicted molar refractivity (Wildman–Crippen MR) is 111 cm³/mol. The third kappa shape index (κ3) is 4.65. The molecular weight excluding hydrogens is 462 g/mol. The lowest BCUT2D eigenvalue weighted by Crippen LogP contribution is -2.16. The van der Waals surface area contributed by atoms with E-state index in [4.69, 9.17) is 4.74 Å². The second kappa shape index (κ2) is 8.68. The highest BCUT2D eigenvalue weighted by Gasteiger charge is 2.29. The molecule has 0 aliphatic heterocycles. The highest BCUT2D eigenvalue weighted by molar-refractivity contribution is 14.1. The Bertz CT molecular complexity index is 882. The number of hydrogen-bond donors (Lipinski definition) is 0. The maximum atomic E-state index is 13.8. The maximum absolute atomic E-state index is 13.8. The zero-order chi connectivity index (χ0) is 18.5. The number of carbonyl (C=O) groups excluding carboxylic acids is 1. The highest BCUT2D eigenvalue weighted by atomic mass is 127. The van der Waals surface area contributed by atoms with Crippen LogP contribution in [0.2, 0.25) is 0 Å². The van der Waals surface area contributed by atoms with Crippen LogP contribution in [0.25, 0.3) is 0 Å². The first kappa shape index (κ1) is 18.9. The van der Waals surface area contributed by atoms with Crippen LogP contribution in [0.4, 0.5) is 4.39 Å². The molecular formula is C21H17FIO2S+. The summed E-state index contributed by atoms with van der Waals surface area (Å²) in [6.07, 6.45) is 0. The van der Waals surface area contributed by atoms with Crippen molar-refractivity contribution in [2.45, 2.75) is 25.5 Å². The lowest BCUT2D eigenvalue weighted by molar-refractivity contribution is -0.133. The number of alkyl halides is 1. The maximum Gasteiger partial charge on any atom is 0.323 e. The van der Waals surface area contributed by atoms with Gasteiger partial charge in [-0.15, -0.1) is 0 Å². The van der Waals surface area contributed by atoms with Crippen LogP contribution in [0.3, 0.4) is 0 Å². The van der Waals surface area contributed by atoms with Crippen molar-refractivity contribution in [3.8, 4) is 5.75 Å². The van der Waals surface area contributed by atoms with Crippen molar-refractivity contribution >= 4 is 39.5 Å². The average molecular weight is 479 g/mol. The van der Waals surface area contributed by atoms with Crippen molar-refractivity contribution in [1.82, 2.24) is 0 Å². The number of carbonyl (C=O) groups is 1. The standard InChI is InChI=1S/C21H17FIO2S/c1-15(23)21(24)25-17-10-12-19(13-11-17)26(18-7-3-2-4-8-18)20-9-5-6-16(22)14-20/h2-15H,1H3/q+1. The zero-order valence-corrected chi connectivity index (χ0v) is 17.0. The molecule has 26 heavy (non-hydrogen) atoms. The second-order valence-electron chi connectivity index (χ2n) is 5.59. The molecule has 0 aromatic heterocycles. The van der Waals surface area contributed by atoms with Gasteiger partial charge in [0.1, 0.15) is 15.5 Å². The largest absolute Gasteiger partial charge is 0.426 e. The fourth-order valence-corrected chi connectivity index (χ4v) is 4.63. The summed E-state index contributed by atoms with van der Waals surface area (Å²) in [6, 6.07) is 24.1. The molecule has 0 radical (unpaired) electrons. The van der Waals surface area contributed by atoms with Gasteiger partial charge in [-0.2, -0.15) is 0 Å². The molecule has 0 amide bonds. The summed E-state index contributed by atoms with van der Waals surface area (Å²) in [5, 5.41) is 0. The Hall–Kier alpha value is -1.86. The van der Waals surface area contributed by atoms with Crippen molar-refractivity contribution < 1.29 is 13.9 Å². The van der Waals surface area contributed by atoms with Crippen molar-refractivity contribution in [3.05, 3.63) is 84.7 Å². The molecule has 0 heterocycles. The summed E-state index contributed by atoms with van der Waals surface area (Å²) in [5.41, 5.74) is 0. The minimum Gasteiger partial charge on any atom is -0.426 e. The number of rotatable bonds is 5. The molecule has 5 heteroatoms. The smallest absolute Gasteiger partial charge is 0.323 e. The van der Waals surface area contributed by atoms with Crippen molar-refractivity contribution in [2.24, 2.45) is 0 Å². The quantitative estimate of drug-likeness (QED) is 0.156. The van der Waals surface area contributed by atoms with E-state index in [2.05, 4.69) is 0 Å². The van der Waals surface area contributed by atoms with Crippen molar-refractivity contribution in [2.75, 3.05) is 0 Å². The SMILES string of the molecule is CC(I)C(=O)Oc1ccc([S+](c2ccccc2)c2cccc(F)c2)cc1. The molecule has 132 valence electrons. The molecule has 0 aliphatic rings. The van der Waals surface area contributed by atoms with Crippen molar-refractivity contribution in [1.29, 1.82) is 0 Å². The minimum atomic E-state index is -0.437. The van der Waals surface area contributed by atoms with E-state index in [0.29, 0.717) is 5.75 Å². The van der Waals surface area contributed by atoms with Gasteiger partial charge in [0, 0.05) is 6.07 Å². The van der Waals surface area contributed by atoms with E-state index in [9.17, 15) is 9.18 Å². The Morgan fingerprint density at radius 2 is 1.54 bits per heavy atom. The monoisotopic (exact) mass is 479 g/mol. The number of esters is 1. The lowest BCUT2D eigenvalue weighted by Gasteiger charge is -2.09. The molecule has 2 nitrogen and oxygen atoms in total. The molecule has 0 fully saturated rings. The third-order valence-corrected chi connectivity index (χ3v) is 6.33. The Labute approximate surface area is 168 Å². The molecule has 0 bridgehead atoms. The normalized spacial score (nSPS) is 13.0. The predicted octanol–water partition coefficient (Wildman–Crippen LogP) is 5.65. The highest BCUT2D eigenvalue weighted by Crippen LogP contribution is 2.32. The van der Waals surface area contributed by atoms with Crippen LogP contribution in [0.15, 0.2) is 93.5 Å². The van der Waals surface area contributed by atoms with Gasteiger partial charge in [-0.25, -0.2) is 4.39 Å². The molecule has 3 aromatic carbocycles. The van der Waals surface area contributed by atoms with E-state index in [-0.39, 0.29) is 15.7 Å². The third-order valence-electron chi connectivity index (χ3n) is 3.61. The van der Waals surface area contributed by atoms with E-state index < -0.39 is 10.9 Å². The van der Waals surface area contributed by atoms with Crippen molar-refractivity contribution in [3.63, 3.8) is 0 Å². The first-order valence-corrected chi connectivity index (χ1v) is 10.5. The fraction of sp³-hybridized carbons (Fsp3) is 0.0952. The first-order chi connectivity index (χ1) is 12.5. The number of ether oxygens (including phenoxy) is 1. The summed E-state index contributed by atoms with van der Waals surface area (Å²) in [7, 11) is -0.437. The van der Waals surface area contributed by atoms with Crippen LogP contribution in [0.5, 0.6) is 5.75 Å². The molecule has 0 saturated heterocycles. The topological polar surface area (TPSA) is 26.3 Å². The van der Waals surface area contributed by atoms with E-state index in [0.717, 1.165) is 14.7 Å². The van der Waals surface area contributed by atoms with E-state index in [1.54, 1.807) is 31.2 Å². The summed E-state index contributed by atoms with van der Waals surface area (Å²) in [4.78, 5) is 14.8. The summed E-state index contributed by atoms with van der Waals surface area (Å²) >= 11 is 2.02. The molecule has 2 unspecified atom stereocenters. The van der Waals surface area contributed by atoms with Gasteiger partial charge in [-0.05, 0) is 55.5 Å². The van der Waals surface area contributed by atoms with Crippen LogP contribution in [0.1, 0.15) is 6.92 Å². The summed E-state index contributed by atoms with van der Waals surface area (Å²) < 4.78 is 18.9. The first-order valence-electron chi connectivity index (χ1n) is 8.05. The Kier molecular flexibility index (Phi) is 6.32. The Balaban J connectivity index is 1.96. The average Bonchev–Trinajstić information content (AvgIpc) is 2.64. The number of halogens is 2. The van der Waals surface area contributed by atoms with Gasteiger partial charge in [0.05, 0.1) is 10.9 Å². The fourth-order valence-electron chi connectivity index (χ4n) is 2.40. The van der Waals surface area contributed by atoms with Gasteiger partial charge in [-0.1, -0.05) is 46.9 Å². The van der Waals surface area contributed by atoms with E-state index in [1.807, 2.05) is 71.1 Å². The van der Waals surface area contributed by atoms with Crippen LogP contribution < -0.4 is 4.74 Å². The van der Waals surface area contributed by atoms with Gasteiger partial charge in [0.15, 0.2) is 14.7 Å². The Morgan fingerprint density at radius 1 is 0.923 bits per heavy atom. The second-order valence-corrected chi connectivity index (χ2v) is 9.48. The van der Waals surface area contributed by atoms with E-state index in [1.165, 1.54) is 6.07 Å². The molecule has 3 aromatic rings. The molecule has 0 saturated carbocycles.